The fourth-order valence-corrected chi connectivity index (χ4v) is 1.80. The van der Waals surface area contributed by atoms with Gasteiger partial charge in [0.25, 0.3) is 0 Å². The van der Waals surface area contributed by atoms with Gasteiger partial charge in [-0.15, -0.1) is 0 Å². The Labute approximate surface area is 98.6 Å². The Balaban J connectivity index is 0.000000386. The van der Waals surface area contributed by atoms with Crippen LogP contribution in [-0.2, 0) is 0 Å². The minimum absolute atomic E-state index is 0.907. The Kier molecular flexibility index (Phi) is 5.12. The Morgan fingerprint density at radius 3 is 2.25 bits per heavy atom. The van der Waals surface area contributed by atoms with Crippen molar-refractivity contribution in [1.82, 2.24) is 5.32 Å². The highest BCUT2D eigenvalue weighted by Gasteiger charge is 2.12. The monoisotopic (exact) mass is 221 g/mol. The topological polar surface area (TPSA) is 41.3 Å². The van der Waals surface area contributed by atoms with E-state index < -0.39 is 0 Å². The van der Waals surface area contributed by atoms with E-state index in [2.05, 4.69) is 28.4 Å². The van der Waals surface area contributed by atoms with E-state index in [4.69, 9.17) is 5.73 Å². The molecule has 0 saturated carbocycles. The third-order valence-electron chi connectivity index (χ3n) is 2.73. The van der Waals surface area contributed by atoms with Crippen molar-refractivity contribution >= 4 is 11.4 Å². The summed E-state index contributed by atoms with van der Waals surface area (Å²) in [5.41, 5.74) is 9.22. The summed E-state index contributed by atoms with van der Waals surface area (Å²) in [4.78, 5) is 2.40. The minimum Gasteiger partial charge on any atom is -0.398 e. The number of hydrogen-bond donors (Lipinski definition) is 2. The average Bonchev–Trinajstić information content (AvgIpc) is 2.76. The lowest BCUT2D eigenvalue weighted by Gasteiger charge is -2.18. The summed E-state index contributed by atoms with van der Waals surface area (Å²) >= 11 is 0. The maximum atomic E-state index is 5.86. The third-order valence-corrected chi connectivity index (χ3v) is 2.73. The van der Waals surface area contributed by atoms with Crippen molar-refractivity contribution in [3.05, 3.63) is 23.8 Å². The SMILES string of the molecule is CNC.Cc1ccc(N2CCCC2)cc1N. The van der Waals surface area contributed by atoms with Crippen molar-refractivity contribution in [2.45, 2.75) is 19.8 Å². The number of rotatable bonds is 1. The molecule has 1 saturated heterocycles. The van der Waals surface area contributed by atoms with Gasteiger partial charge in [-0.2, -0.15) is 0 Å². The summed E-state index contributed by atoms with van der Waals surface area (Å²) in [6.07, 6.45) is 2.63. The molecule has 0 aliphatic carbocycles. The number of nitrogens with one attached hydrogen (secondary N) is 1. The van der Waals surface area contributed by atoms with Gasteiger partial charge in [-0.1, -0.05) is 6.07 Å². The largest absolute Gasteiger partial charge is 0.398 e. The van der Waals surface area contributed by atoms with Gasteiger partial charge in [0, 0.05) is 24.5 Å². The van der Waals surface area contributed by atoms with Crippen LogP contribution in [0.3, 0.4) is 0 Å². The van der Waals surface area contributed by atoms with Crippen molar-refractivity contribution in [3.8, 4) is 0 Å². The molecule has 0 radical (unpaired) electrons. The Hall–Kier alpha value is -1.22. The quantitative estimate of drug-likeness (QED) is 0.713. The first-order valence-corrected chi connectivity index (χ1v) is 5.88. The van der Waals surface area contributed by atoms with Gasteiger partial charge in [0.15, 0.2) is 0 Å². The molecule has 2 rings (SSSR count). The van der Waals surface area contributed by atoms with E-state index in [9.17, 15) is 0 Å². The van der Waals surface area contributed by atoms with Crippen LogP contribution in [0.5, 0.6) is 0 Å². The van der Waals surface area contributed by atoms with Crippen molar-refractivity contribution < 1.29 is 0 Å². The first-order chi connectivity index (χ1) is 7.69. The molecule has 0 atom stereocenters. The van der Waals surface area contributed by atoms with Gasteiger partial charge in [0.05, 0.1) is 0 Å². The summed E-state index contributed by atoms with van der Waals surface area (Å²) in [5.74, 6) is 0. The number of hydrogen-bond acceptors (Lipinski definition) is 3. The molecule has 3 nitrogen and oxygen atoms in total. The summed E-state index contributed by atoms with van der Waals surface area (Å²) in [5, 5.41) is 2.75. The summed E-state index contributed by atoms with van der Waals surface area (Å²) in [6, 6.07) is 6.35. The fourth-order valence-electron chi connectivity index (χ4n) is 1.80. The second-order valence-corrected chi connectivity index (χ2v) is 4.24. The van der Waals surface area contributed by atoms with Crippen molar-refractivity contribution in [1.29, 1.82) is 0 Å². The predicted molar refractivity (Wildman–Crippen MR) is 72.0 cm³/mol. The molecule has 0 bridgehead atoms. The average molecular weight is 221 g/mol. The molecule has 1 fully saturated rings. The molecule has 0 amide bonds. The van der Waals surface area contributed by atoms with Crippen molar-refractivity contribution in [3.63, 3.8) is 0 Å². The Bertz CT molecular complexity index is 317. The molecule has 1 aromatic carbocycles. The molecule has 1 heterocycles. The van der Waals surface area contributed by atoms with Gasteiger partial charge >= 0.3 is 0 Å². The summed E-state index contributed by atoms with van der Waals surface area (Å²) in [7, 11) is 3.75. The van der Waals surface area contributed by atoms with E-state index in [1.807, 2.05) is 21.0 Å². The molecule has 0 unspecified atom stereocenters. The van der Waals surface area contributed by atoms with Gasteiger partial charge in [0.2, 0.25) is 0 Å². The molecule has 90 valence electrons. The highest BCUT2D eigenvalue weighted by Crippen LogP contribution is 2.23. The Morgan fingerprint density at radius 2 is 1.75 bits per heavy atom. The molecule has 1 aliphatic rings. The van der Waals surface area contributed by atoms with E-state index in [0.29, 0.717) is 0 Å². The molecule has 16 heavy (non-hydrogen) atoms. The Morgan fingerprint density at radius 1 is 1.19 bits per heavy atom. The number of aryl methyl sites for hydroxylation is 1. The van der Waals surface area contributed by atoms with E-state index >= 15 is 0 Å². The van der Waals surface area contributed by atoms with E-state index in [-0.39, 0.29) is 0 Å². The predicted octanol–water partition coefficient (Wildman–Crippen LogP) is 2.01. The van der Waals surface area contributed by atoms with Gasteiger partial charge in [-0.3, -0.25) is 0 Å². The molecule has 0 aromatic heterocycles. The van der Waals surface area contributed by atoms with Gasteiger partial charge < -0.3 is 16.0 Å². The van der Waals surface area contributed by atoms with Crippen LogP contribution in [0.4, 0.5) is 11.4 Å². The molecule has 1 aromatic rings. The first-order valence-electron chi connectivity index (χ1n) is 5.88. The number of anilines is 2. The fraction of sp³-hybridized carbons (Fsp3) is 0.538. The standard InChI is InChI=1S/C11H16N2.C2H7N/c1-9-4-5-10(8-11(9)12)13-6-2-3-7-13;1-3-2/h4-5,8H,2-3,6-7,12H2,1H3;3H,1-2H3. The van der Waals surface area contributed by atoms with Crippen molar-refractivity contribution in [2.24, 2.45) is 0 Å². The molecular weight excluding hydrogens is 198 g/mol. The second-order valence-electron chi connectivity index (χ2n) is 4.24. The number of nitrogens with two attached hydrogens (primary N) is 1. The second kappa shape index (κ2) is 6.38. The van der Waals surface area contributed by atoms with Gasteiger partial charge in [-0.25, -0.2) is 0 Å². The molecular formula is C13H23N3. The van der Waals surface area contributed by atoms with Crippen LogP contribution < -0.4 is 16.0 Å². The first kappa shape index (κ1) is 12.8. The zero-order valence-corrected chi connectivity index (χ0v) is 10.6. The van der Waals surface area contributed by atoms with Crippen molar-refractivity contribution in [2.75, 3.05) is 37.8 Å². The molecule has 1 aliphatic heterocycles. The maximum Gasteiger partial charge on any atom is 0.0387 e. The molecule has 3 N–H and O–H groups in total. The van der Waals surface area contributed by atoms with Gasteiger partial charge in [0.1, 0.15) is 0 Å². The van der Waals surface area contributed by atoms with Crippen LogP contribution in [0.25, 0.3) is 0 Å². The third kappa shape index (κ3) is 3.42. The van der Waals surface area contributed by atoms with Crippen LogP contribution >= 0.6 is 0 Å². The molecule has 3 heteroatoms. The number of benzene rings is 1. The van der Waals surface area contributed by atoms with Crippen LogP contribution in [0, 0.1) is 6.92 Å². The highest BCUT2D eigenvalue weighted by molar-refractivity contribution is 5.60. The van der Waals surface area contributed by atoms with Gasteiger partial charge in [-0.05, 0) is 51.6 Å². The van der Waals surface area contributed by atoms with Crippen LogP contribution in [0.1, 0.15) is 18.4 Å². The lowest BCUT2D eigenvalue weighted by Crippen LogP contribution is -2.17. The smallest absolute Gasteiger partial charge is 0.0387 e. The highest BCUT2D eigenvalue weighted by atomic mass is 15.1. The van der Waals surface area contributed by atoms with E-state index in [1.54, 1.807) is 0 Å². The normalized spacial score (nSPS) is 14.6. The zero-order chi connectivity index (χ0) is 12.0. The van der Waals surface area contributed by atoms with Crippen LogP contribution in [0.15, 0.2) is 18.2 Å². The number of nitrogens with zero attached hydrogens (tertiary/aromatic N) is 1. The van der Waals surface area contributed by atoms with Crippen LogP contribution in [0.2, 0.25) is 0 Å². The summed E-state index contributed by atoms with van der Waals surface area (Å²) in [6.45, 7) is 4.41. The zero-order valence-electron chi connectivity index (χ0n) is 10.6. The lowest BCUT2D eigenvalue weighted by molar-refractivity contribution is 0.949. The maximum absolute atomic E-state index is 5.86. The van der Waals surface area contributed by atoms with E-state index in [1.165, 1.54) is 37.2 Å². The summed E-state index contributed by atoms with van der Waals surface area (Å²) < 4.78 is 0. The minimum atomic E-state index is 0.907. The van der Waals surface area contributed by atoms with E-state index in [0.717, 1.165) is 5.69 Å². The molecule has 0 spiro atoms. The van der Waals surface area contributed by atoms with Crippen LogP contribution in [-0.4, -0.2) is 27.2 Å². The lowest BCUT2D eigenvalue weighted by atomic mass is 10.2. The number of nitrogen functional groups attached to an aromatic ring is 1.